The van der Waals surface area contributed by atoms with E-state index in [2.05, 4.69) is 0 Å². The maximum Gasteiger partial charge on any atom is 0.237 e. The van der Waals surface area contributed by atoms with Crippen molar-refractivity contribution in [2.24, 2.45) is 11.8 Å². The molecular formula is C16H17NO3. The molecule has 4 nitrogen and oxygen atoms in total. The Morgan fingerprint density at radius 1 is 1.10 bits per heavy atom. The van der Waals surface area contributed by atoms with Gasteiger partial charge < -0.3 is 0 Å². The van der Waals surface area contributed by atoms with Crippen LogP contribution in [-0.2, 0) is 9.59 Å². The van der Waals surface area contributed by atoms with Gasteiger partial charge in [-0.25, -0.2) is 0 Å². The highest BCUT2D eigenvalue weighted by Gasteiger charge is 2.48. The summed E-state index contributed by atoms with van der Waals surface area (Å²) in [5, 5.41) is 0. The molecule has 1 aromatic carbocycles. The second-order valence-corrected chi connectivity index (χ2v) is 5.62. The summed E-state index contributed by atoms with van der Waals surface area (Å²) < 4.78 is 0. The number of ketones is 1. The first kappa shape index (κ1) is 13.0. The molecule has 2 aliphatic rings. The van der Waals surface area contributed by atoms with Gasteiger partial charge in [0, 0.05) is 5.56 Å². The zero-order valence-electron chi connectivity index (χ0n) is 11.5. The number of fused-ring (bicyclic) bond motifs is 1. The summed E-state index contributed by atoms with van der Waals surface area (Å²) in [7, 11) is 0. The van der Waals surface area contributed by atoms with Crippen molar-refractivity contribution < 1.29 is 14.4 Å². The van der Waals surface area contributed by atoms with Crippen LogP contribution in [0.4, 0.5) is 5.69 Å². The van der Waals surface area contributed by atoms with Crippen molar-refractivity contribution in [1.82, 2.24) is 0 Å². The number of hydrogen-bond donors (Lipinski definition) is 0. The van der Waals surface area contributed by atoms with E-state index in [0.717, 1.165) is 25.7 Å². The van der Waals surface area contributed by atoms with Crippen LogP contribution in [0.25, 0.3) is 0 Å². The number of nitrogens with zero attached hydrogens (tertiary/aromatic N) is 1. The van der Waals surface area contributed by atoms with E-state index in [9.17, 15) is 14.4 Å². The van der Waals surface area contributed by atoms with Crippen LogP contribution in [0.15, 0.2) is 24.3 Å². The first-order valence-electron chi connectivity index (χ1n) is 7.08. The zero-order chi connectivity index (χ0) is 14.3. The highest BCUT2D eigenvalue weighted by molar-refractivity contribution is 6.22. The largest absolute Gasteiger partial charge is 0.295 e. The van der Waals surface area contributed by atoms with E-state index in [1.54, 1.807) is 24.3 Å². The monoisotopic (exact) mass is 271 g/mol. The molecule has 2 amide bonds. The smallest absolute Gasteiger partial charge is 0.237 e. The molecule has 104 valence electrons. The highest BCUT2D eigenvalue weighted by Crippen LogP contribution is 2.40. The second kappa shape index (κ2) is 4.85. The maximum absolute atomic E-state index is 12.5. The highest BCUT2D eigenvalue weighted by atomic mass is 16.2. The molecule has 1 heterocycles. The molecule has 3 rings (SSSR count). The summed E-state index contributed by atoms with van der Waals surface area (Å²) in [4.78, 5) is 37.6. The van der Waals surface area contributed by atoms with Gasteiger partial charge in [-0.1, -0.05) is 25.0 Å². The molecule has 2 fully saturated rings. The van der Waals surface area contributed by atoms with Crippen molar-refractivity contribution in [2.45, 2.75) is 32.6 Å². The van der Waals surface area contributed by atoms with Crippen molar-refractivity contribution in [1.29, 1.82) is 0 Å². The van der Waals surface area contributed by atoms with Gasteiger partial charge in [0.2, 0.25) is 11.8 Å². The molecule has 1 saturated heterocycles. The normalized spacial score (nSPS) is 25.8. The van der Waals surface area contributed by atoms with Gasteiger partial charge in [0.25, 0.3) is 0 Å². The lowest BCUT2D eigenvalue weighted by Crippen LogP contribution is -2.30. The van der Waals surface area contributed by atoms with Crippen LogP contribution in [0.3, 0.4) is 0 Å². The zero-order valence-corrected chi connectivity index (χ0v) is 11.5. The van der Waals surface area contributed by atoms with Crippen LogP contribution < -0.4 is 4.90 Å². The van der Waals surface area contributed by atoms with Crippen LogP contribution in [0, 0.1) is 11.8 Å². The van der Waals surface area contributed by atoms with Gasteiger partial charge in [0.1, 0.15) is 0 Å². The number of imide groups is 1. The Balaban J connectivity index is 1.97. The fourth-order valence-electron chi connectivity index (χ4n) is 3.28. The molecule has 1 saturated carbocycles. The van der Waals surface area contributed by atoms with E-state index < -0.39 is 0 Å². The second-order valence-electron chi connectivity index (χ2n) is 5.62. The number of carbonyl (C=O) groups excluding carboxylic acids is 3. The minimum Gasteiger partial charge on any atom is -0.295 e. The van der Waals surface area contributed by atoms with Crippen LogP contribution in [-0.4, -0.2) is 17.6 Å². The Bertz CT molecular complexity index is 569. The van der Waals surface area contributed by atoms with Gasteiger partial charge in [-0.2, -0.15) is 0 Å². The Morgan fingerprint density at radius 2 is 1.70 bits per heavy atom. The van der Waals surface area contributed by atoms with Crippen molar-refractivity contribution in [3.8, 4) is 0 Å². The third-order valence-corrected chi connectivity index (χ3v) is 4.35. The fraction of sp³-hybridized carbons (Fsp3) is 0.438. The van der Waals surface area contributed by atoms with E-state index in [1.807, 2.05) is 0 Å². The van der Waals surface area contributed by atoms with Crippen molar-refractivity contribution in [3.05, 3.63) is 29.8 Å². The van der Waals surface area contributed by atoms with Crippen molar-refractivity contribution >= 4 is 23.3 Å². The summed E-state index contributed by atoms with van der Waals surface area (Å²) >= 11 is 0. The SMILES string of the molecule is CC(=O)c1cccc(N2C(=O)[C@H]3CCCC[C@@H]3C2=O)c1. The molecule has 2 atom stereocenters. The molecule has 0 unspecified atom stereocenters. The number of Topliss-reactive ketones (excluding diaryl/α,β-unsaturated/α-hetero) is 1. The lowest BCUT2D eigenvalue weighted by molar-refractivity contribution is -0.122. The van der Waals surface area contributed by atoms with E-state index >= 15 is 0 Å². The number of carbonyl (C=O) groups is 3. The molecule has 1 aliphatic heterocycles. The van der Waals surface area contributed by atoms with Gasteiger partial charge in [-0.15, -0.1) is 0 Å². The summed E-state index contributed by atoms with van der Waals surface area (Å²) in [6.07, 6.45) is 3.64. The van der Waals surface area contributed by atoms with Crippen LogP contribution in [0.2, 0.25) is 0 Å². The maximum atomic E-state index is 12.5. The molecule has 0 aromatic heterocycles. The third-order valence-electron chi connectivity index (χ3n) is 4.35. The van der Waals surface area contributed by atoms with E-state index in [-0.39, 0.29) is 29.4 Å². The summed E-state index contributed by atoms with van der Waals surface area (Å²) in [5.41, 5.74) is 1.06. The van der Waals surface area contributed by atoms with Crippen molar-refractivity contribution in [2.75, 3.05) is 4.90 Å². The minimum absolute atomic E-state index is 0.0663. The van der Waals surface area contributed by atoms with Crippen LogP contribution in [0.1, 0.15) is 43.0 Å². The van der Waals surface area contributed by atoms with Crippen LogP contribution in [0.5, 0.6) is 0 Å². The number of amides is 2. The molecule has 0 N–H and O–H groups in total. The average molecular weight is 271 g/mol. The molecule has 1 aliphatic carbocycles. The standard InChI is InChI=1S/C16H17NO3/c1-10(18)11-5-4-6-12(9-11)17-15(19)13-7-2-3-8-14(13)16(17)20/h4-6,9,13-14H,2-3,7-8H2,1H3/t13-,14-/m0/s1. The number of anilines is 1. The van der Waals surface area contributed by atoms with E-state index in [1.165, 1.54) is 11.8 Å². The fourth-order valence-corrected chi connectivity index (χ4v) is 3.28. The predicted molar refractivity (Wildman–Crippen MR) is 74.4 cm³/mol. The molecule has 1 aromatic rings. The summed E-state index contributed by atoms with van der Waals surface area (Å²) in [6.45, 7) is 1.48. The van der Waals surface area contributed by atoms with Crippen molar-refractivity contribution in [3.63, 3.8) is 0 Å². The van der Waals surface area contributed by atoms with Gasteiger partial charge >= 0.3 is 0 Å². The minimum atomic E-state index is -0.155. The molecule has 0 radical (unpaired) electrons. The quantitative estimate of drug-likeness (QED) is 0.613. The number of rotatable bonds is 2. The lowest BCUT2D eigenvalue weighted by atomic mass is 9.81. The molecule has 0 spiro atoms. The number of benzene rings is 1. The van der Waals surface area contributed by atoms with Gasteiger partial charge in [0.15, 0.2) is 5.78 Å². The number of hydrogen-bond acceptors (Lipinski definition) is 3. The lowest BCUT2D eigenvalue weighted by Gasteiger charge is -2.19. The van der Waals surface area contributed by atoms with Crippen LogP contribution >= 0.6 is 0 Å². The Labute approximate surface area is 117 Å². The van der Waals surface area contributed by atoms with Gasteiger partial charge in [-0.3, -0.25) is 19.3 Å². The Hall–Kier alpha value is -1.97. The van der Waals surface area contributed by atoms with Gasteiger partial charge in [0.05, 0.1) is 17.5 Å². The predicted octanol–water partition coefficient (Wildman–Crippen LogP) is 2.57. The summed E-state index contributed by atoms with van der Waals surface area (Å²) in [6, 6.07) is 6.77. The van der Waals surface area contributed by atoms with E-state index in [4.69, 9.17) is 0 Å². The Kier molecular flexibility index (Phi) is 3.16. The summed E-state index contributed by atoms with van der Waals surface area (Å²) in [5.74, 6) is -0.571. The third kappa shape index (κ3) is 1.96. The van der Waals surface area contributed by atoms with E-state index in [0.29, 0.717) is 11.3 Å². The molecule has 4 heteroatoms. The first-order chi connectivity index (χ1) is 9.59. The first-order valence-corrected chi connectivity index (χ1v) is 7.08. The average Bonchev–Trinajstić information content (AvgIpc) is 2.72. The topological polar surface area (TPSA) is 54.5 Å². The van der Waals surface area contributed by atoms with Gasteiger partial charge in [-0.05, 0) is 31.9 Å². The molecule has 20 heavy (non-hydrogen) atoms. The molecular weight excluding hydrogens is 254 g/mol. The molecule has 0 bridgehead atoms. The Morgan fingerprint density at radius 3 is 2.25 bits per heavy atom.